The Labute approximate surface area is 192 Å². The van der Waals surface area contributed by atoms with Gasteiger partial charge in [0.25, 0.3) is 0 Å². The molecule has 0 bridgehead atoms. The summed E-state index contributed by atoms with van der Waals surface area (Å²) < 4.78 is 17.2. The van der Waals surface area contributed by atoms with Crippen molar-refractivity contribution in [2.24, 2.45) is 0 Å². The minimum absolute atomic E-state index is 0.140. The molecule has 0 aliphatic heterocycles. The van der Waals surface area contributed by atoms with Crippen LogP contribution in [0.5, 0.6) is 0 Å². The van der Waals surface area contributed by atoms with Gasteiger partial charge in [0.2, 0.25) is 0 Å². The Morgan fingerprint density at radius 2 is 1.78 bits per heavy atom. The molecule has 1 heterocycles. The molecule has 0 unspecified atom stereocenters. The van der Waals surface area contributed by atoms with Gasteiger partial charge in [0.1, 0.15) is 23.8 Å². The van der Waals surface area contributed by atoms with Crippen LogP contribution in [0.3, 0.4) is 0 Å². The molecule has 1 aromatic heterocycles. The molecule has 0 N–H and O–H groups in total. The van der Waals surface area contributed by atoms with Crippen molar-refractivity contribution in [1.29, 1.82) is 0 Å². The first kappa shape index (κ1) is 24.1. The van der Waals surface area contributed by atoms with E-state index < -0.39 is 0 Å². The summed E-state index contributed by atoms with van der Waals surface area (Å²) in [5.41, 5.74) is 3.32. The number of hydrogen-bond acceptors (Lipinski definition) is 5. The van der Waals surface area contributed by atoms with Gasteiger partial charge < -0.3 is 18.9 Å². The number of nitrogens with zero attached hydrogens (tertiary/aromatic N) is 2. The van der Waals surface area contributed by atoms with E-state index in [0.717, 1.165) is 48.2 Å². The molecule has 6 heteroatoms. The van der Waals surface area contributed by atoms with Crippen LogP contribution in [0, 0.1) is 6.92 Å². The molecule has 0 spiro atoms. The van der Waals surface area contributed by atoms with Crippen LogP contribution in [0.2, 0.25) is 0 Å². The lowest BCUT2D eigenvalue weighted by Crippen LogP contribution is -2.35. The number of aryl methyl sites for hydroxylation is 1. The molecule has 2 saturated carbocycles. The van der Waals surface area contributed by atoms with Crippen LogP contribution in [-0.4, -0.2) is 35.3 Å². The summed E-state index contributed by atoms with van der Waals surface area (Å²) in [5, 5.41) is 4.21. The predicted molar refractivity (Wildman–Crippen MR) is 126 cm³/mol. The summed E-state index contributed by atoms with van der Waals surface area (Å²) in [4.78, 5) is 14.2. The van der Waals surface area contributed by atoms with Gasteiger partial charge in [-0.1, -0.05) is 37.1 Å². The molecule has 176 valence electrons. The molecule has 0 aromatic carbocycles. The van der Waals surface area contributed by atoms with Gasteiger partial charge in [0.15, 0.2) is 0 Å². The van der Waals surface area contributed by atoms with Crippen LogP contribution >= 0.6 is 0 Å². The van der Waals surface area contributed by atoms with E-state index in [0.29, 0.717) is 11.5 Å². The lowest BCUT2D eigenvalue weighted by Gasteiger charge is -2.24. The molecule has 2 aliphatic carbocycles. The van der Waals surface area contributed by atoms with Crippen LogP contribution in [0.4, 0.5) is 4.79 Å². The predicted octanol–water partition coefficient (Wildman–Crippen LogP) is 6.71. The van der Waals surface area contributed by atoms with Gasteiger partial charge in [-0.05, 0) is 76.5 Å². The number of carbonyl (C=O) groups is 1. The number of aromatic nitrogens is 1. The Morgan fingerprint density at radius 3 is 2.44 bits per heavy atom. The van der Waals surface area contributed by atoms with Crippen molar-refractivity contribution < 1.29 is 18.8 Å². The lowest BCUT2D eigenvalue weighted by atomic mass is 9.97. The third kappa shape index (κ3) is 6.27. The van der Waals surface area contributed by atoms with Gasteiger partial charge in [-0.3, -0.25) is 0 Å². The second-order valence-corrected chi connectivity index (χ2v) is 9.21. The van der Waals surface area contributed by atoms with Crippen LogP contribution in [0.1, 0.15) is 88.7 Å². The van der Waals surface area contributed by atoms with Crippen molar-refractivity contribution in [3.05, 3.63) is 47.1 Å². The van der Waals surface area contributed by atoms with E-state index in [-0.39, 0.29) is 24.8 Å². The molecular weight excluding hydrogens is 404 g/mol. The maximum absolute atomic E-state index is 12.5. The van der Waals surface area contributed by atoms with Crippen LogP contribution in [-0.2, 0) is 16.1 Å². The zero-order valence-corrected chi connectivity index (χ0v) is 20.1. The highest BCUT2D eigenvalue weighted by Crippen LogP contribution is 2.27. The van der Waals surface area contributed by atoms with Gasteiger partial charge in [-0.25, -0.2) is 4.79 Å². The highest BCUT2D eigenvalue weighted by molar-refractivity contribution is 5.69. The Hall–Kier alpha value is -2.50. The van der Waals surface area contributed by atoms with E-state index in [1.165, 1.54) is 32.1 Å². The average Bonchev–Trinajstić information content (AvgIpc) is 3.45. The zero-order chi connectivity index (χ0) is 23.1. The van der Waals surface area contributed by atoms with Crippen LogP contribution < -0.4 is 0 Å². The quantitative estimate of drug-likeness (QED) is 0.331. The molecule has 6 nitrogen and oxygen atoms in total. The summed E-state index contributed by atoms with van der Waals surface area (Å²) in [6, 6.07) is 0.280. The normalized spacial score (nSPS) is 18.6. The zero-order valence-electron chi connectivity index (χ0n) is 20.1. The Bertz CT molecular complexity index is 855. The average molecular weight is 443 g/mol. The van der Waals surface area contributed by atoms with Crippen molar-refractivity contribution >= 4 is 11.7 Å². The fourth-order valence-electron chi connectivity index (χ4n) is 4.47. The summed E-state index contributed by atoms with van der Waals surface area (Å²) in [5.74, 6) is 1.47. The maximum Gasteiger partial charge on any atom is 0.410 e. The van der Waals surface area contributed by atoms with E-state index in [1.807, 2.05) is 40.0 Å². The summed E-state index contributed by atoms with van der Waals surface area (Å²) in [6.07, 6.45) is 14.3. The molecule has 32 heavy (non-hydrogen) atoms. The number of amides is 1. The summed E-state index contributed by atoms with van der Waals surface area (Å²) in [7, 11) is 1.82. The fourth-order valence-corrected chi connectivity index (χ4v) is 4.47. The van der Waals surface area contributed by atoms with E-state index in [1.54, 1.807) is 4.90 Å². The Kier molecular flexibility index (Phi) is 8.60. The molecule has 2 fully saturated rings. The van der Waals surface area contributed by atoms with Gasteiger partial charge in [0.05, 0.1) is 11.7 Å². The number of ether oxygens (including phenoxy) is 2. The number of allylic oxidation sites excluding steroid dienone is 4. The van der Waals surface area contributed by atoms with E-state index >= 15 is 0 Å². The van der Waals surface area contributed by atoms with E-state index in [2.05, 4.69) is 11.7 Å². The molecule has 2 aliphatic rings. The second-order valence-electron chi connectivity index (χ2n) is 9.21. The van der Waals surface area contributed by atoms with E-state index in [9.17, 15) is 4.79 Å². The summed E-state index contributed by atoms with van der Waals surface area (Å²) >= 11 is 0. The molecule has 1 amide bonds. The standard InChI is InChI=1S/C26H38N2O4/c1-18(2)24(31-22-13-7-6-8-14-22)16-15-19(3)25-23(20(4)32-27-25)17-30-26(29)28(5)21-11-9-10-12-21/h15-16,21-22H,1,6-14,17H2,2-5H3/b19-15+,24-16+. The number of hydrogen-bond donors (Lipinski definition) is 0. The first-order valence-corrected chi connectivity index (χ1v) is 11.9. The van der Waals surface area contributed by atoms with Gasteiger partial charge in [-0.15, -0.1) is 0 Å². The maximum atomic E-state index is 12.5. The number of rotatable bonds is 8. The Balaban J connectivity index is 1.67. The van der Waals surface area contributed by atoms with Crippen LogP contribution in [0.25, 0.3) is 5.57 Å². The molecule has 0 atom stereocenters. The lowest BCUT2D eigenvalue weighted by molar-refractivity contribution is 0.0876. The molecule has 1 aromatic rings. The van der Waals surface area contributed by atoms with Crippen molar-refractivity contribution in [2.75, 3.05) is 7.05 Å². The van der Waals surface area contributed by atoms with Gasteiger partial charge in [0, 0.05) is 13.1 Å². The molecular formula is C26H38N2O4. The second kappa shape index (κ2) is 11.4. The third-order valence-electron chi connectivity index (χ3n) is 6.61. The highest BCUT2D eigenvalue weighted by atomic mass is 16.6. The minimum atomic E-state index is -0.296. The first-order chi connectivity index (χ1) is 15.4. The SMILES string of the molecule is C=C(C)/C(=C\C=C(/C)c1noc(C)c1COC(=O)N(C)C1CCCC1)OC1CCCCC1. The minimum Gasteiger partial charge on any atom is -0.490 e. The van der Waals surface area contributed by atoms with Crippen molar-refractivity contribution in [2.45, 2.75) is 97.3 Å². The smallest absolute Gasteiger partial charge is 0.410 e. The van der Waals surface area contributed by atoms with Crippen molar-refractivity contribution in [3.8, 4) is 0 Å². The van der Waals surface area contributed by atoms with Gasteiger partial charge >= 0.3 is 6.09 Å². The fraction of sp³-hybridized carbons (Fsp3) is 0.615. The molecule has 0 saturated heterocycles. The molecule has 3 rings (SSSR count). The molecule has 0 radical (unpaired) electrons. The monoisotopic (exact) mass is 442 g/mol. The first-order valence-electron chi connectivity index (χ1n) is 11.9. The van der Waals surface area contributed by atoms with Crippen molar-refractivity contribution in [3.63, 3.8) is 0 Å². The van der Waals surface area contributed by atoms with Crippen LogP contribution in [0.15, 0.2) is 34.6 Å². The topological polar surface area (TPSA) is 64.8 Å². The highest BCUT2D eigenvalue weighted by Gasteiger charge is 2.25. The van der Waals surface area contributed by atoms with Gasteiger partial charge in [-0.2, -0.15) is 0 Å². The summed E-state index contributed by atoms with van der Waals surface area (Å²) in [6.45, 7) is 9.99. The largest absolute Gasteiger partial charge is 0.490 e. The van der Waals surface area contributed by atoms with Crippen molar-refractivity contribution in [1.82, 2.24) is 10.1 Å². The third-order valence-corrected chi connectivity index (χ3v) is 6.61. The number of carbonyl (C=O) groups excluding carboxylic acids is 1. The van der Waals surface area contributed by atoms with E-state index in [4.69, 9.17) is 14.0 Å². The Morgan fingerprint density at radius 1 is 1.12 bits per heavy atom.